The van der Waals surface area contributed by atoms with E-state index in [1.807, 2.05) is 0 Å². The van der Waals surface area contributed by atoms with Gasteiger partial charge in [0.1, 0.15) is 15.9 Å². The molecule has 0 unspecified atom stereocenters. The zero-order valence-corrected chi connectivity index (χ0v) is 14.0. The molecule has 7 nitrogen and oxygen atoms in total. The molecule has 0 spiro atoms. The molecule has 0 radical (unpaired) electrons. The molecule has 1 saturated heterocycles. The highest BCUT2D eigenvalue weighted by Gasteiger charge is 2.35. The summed E-state index contributed by atoms with van der Waals surface area (Å²) in [5, 5.41) is 8.38. The van der Waals surface area contributed by atoms with E-state index in [0.29, 0.717) is 5.56 Å². The van der Waals surface area contributed by atoms with Crippen molar-refractivity contribution >= 4 is 25.8 Å². The first kappa shape index (κ1) is 17.9. The number of hydrogen-bond donors (Lipinski definition) is 2. The van der Waals surface area contributed by atoms with Gasteiger partial charge in [-0.2, -0.15) is 0 Å². The maximum atomic E-state index is 12.3. The molecule has 1 aliphatic rings. The highest BCUT2D eigenvalue weighted by Crippen LogP contribution is 2.19. The summed E-state index contributed by atoms with van der Waals surface area (Å²) in [6, 6.07) is 7.44. The minimum atomic E-state index is -3.89. The molecule has 1 heterocycles. The number of aliphatic carboxylic acids is 1. The number of carbonyl (C=O) groups is 1. The fraction of sp³-hybridized carbons (Fsp3) is 0.500. The van der Waals surface area contributed by atoms with Gasteiger partial charge in [-0.25, -0.2) is 21.6 Å². The molecule has 0 saturated carbocycles. The molecule has 1 fully saturated rings. The fourth-order valence-electron chi connectivity index (χ4n) is 2.50. The second kappa shape index (κ2) is 6.98. The van der Waals surface area contributed by atoms with Gasteiger partial charge < -0.3 is 5.11 Å². The molecule has 1 atom stereocenters. The lowest BCUT2D eigenvalue weighted by Gasteiger charge is -2.24. The van der Waals surface area contributed by atoms with Gasteiger partial charge >= 0.3 is 5.97 Å². The van der Waals surface area contributed by atoms with Crippen LogP contribution in [0.1, 0.15) is 18.4 Å². The summed E-state index contributed by atoms with van der Waals surface area (Å²) in [4.78, 5) is 11.3. The van der Waals surface area contributed by atoms with Gasteiger partial charge in [-0.05, 0) is 24.8 Å². The Kier molecular flexibility index (Phi) is 5.43. The Labute approximate surface area is 135 Å². The van der Waals surface area contributed by atoms with Crippen LogP contribution in [0.5, 0.6) is 0 Å². The summed E-state index contributed by atoms with van der Waals surface area (Å²) in [5.74, 6) is -1.63. The molecule has 9 heteroatoms. The van der Waals surface area contributed by atoms with Crippen molar-refractivity contribution in [2.45, 2.75) is 30.6 Å². The SMILES string of the molecule is O=C(O)[C@H](Cc1ccccc1)NS(=O)(=O)C1CCS(=O)(=O)CC1. The van der Waals surface area contributed by atoms with Crippen LogP contribution in [0.2, 0.25) is 0 Å². The van der Waals surface area contributed by atoms with Crippen LogP contribution in [0.4, 0.5) is 0 Å². The molecule has 1 aromatic rings. The average Bonchev–Trinajstić information content (AvgIpc) is 2.47. The number of rotatable bonds is 6. The number of carboxylic acid groups (broad SMARTS) is 1. The maximum Gasteiger partial charge on any atom is 0.322 e. The maximum absolute atomic E-state index is 12.3. The largest absolute Gasteiger partial charge is 0.480 e. The molecule has 128 valence electrons. The van der Waals surface area contributed by atoms with Crippen LogP contribution in [0.15, 0.2) is 30.3 Å². The standard InChI is InChI=1S/C14H19NO6S2/c16-14(17)13(10-11-4-2-1-3-5-11)15-23(20,21)12-6-8-22(18,19)9-7-12/h1-5,12-13,15H,6-10H2,(H,16,17)/t13-/m0/s1. The van der Waals surface area contributed by atoms with Gasteiger partial charge in [0.25, 0.3) is 0 Å². The molecule has 2 N–H and O–H groups in total. The van der Waals surface area contributed by atoms with Crippen molar-refractivity contribution in [2.75, 3.05) is 11.5 Å². The van der Waals surface area contributed by atoms with E-state index in [2.05, 4.69) is 4.72 Å². The van der Waals surface area contributed by atoms with Gasteiger partial charge in [0.2, 0.25) is 10.0 Å². The van der Waals surface area contributed by atoms with Crippen LogP contribution in [0.3, 0.4) is 0 Å². The minimum Gasteiger partial charge on any atom is -0.480 e. The summed E-state index contributed by atoms with van der Waals surface area (Å²) in [6.45, 7) is 0. The van der Waals surface area contributed by atoms with Crippen molar-refractivity contribution in [3.63, 3.8) is 0 Å². The van der Waals surface area contributed by atoms with E-state index in [0.717, 1.165) is 0 Å². The summed E-state index contributed by atoms with van der Waals surface area (Å²) in [6.07, 6.45) is 0.0190. The summed E-state index contributed by atoms with van der Waals surface area (Å²) in [7, 11) is -7.07. The third kappa shape index (κ3) is 5.02. The van der Waals surface area contributed by atoms with Crippen LogP contribution >= 0.6 is 0 Å². The van der Waals surface area contributed by atoms with Crippen molar-refractivity contribution in [2.24, 2.45) is 0 Å². The molecule has 0 aliphatic carbocycles. The molecular weight excluding hydrogens is 342 g/mol. The predicted molar refractivity (Wildman–Crippen MR) is 85.3 cm³/mol. The Morgan fingerprint density at radius 2 is 1.78 bits per heavy atom. The van der Waals surface area contributed by atoms with Crippen molar-refractivity contribution in [1.82, 2.24) is 4.72 Å². The smallest absolute Gasteiger partial charge is 0.322 e. The average molecular weight is 361 g/mol. The Hall–Kier alpha value is -1.45. The summed E-state index contributed by atoms with van der Waals surface area (Å²) >= 11 is 0. The lowest BCUT2D eigenvalue weighted by Crippen LogP contribution is -2.48. The molecule has 0 aromatic heterocycles. The Bertz CT molecular complexity index is 744. The zero-order chi connectivity index (χ0) is 17.1. The highest BCUT2D eigenvalue weighted by atomic mass is 32.2. The van der Waals surface area contributed by atoms with E-state index < -0.39 is 37.1 Å². The molecule has 0 amide bonds. The Morgan fingerprint density at radius 3 is 2.30 bits per heavy atom. The van der Waals surface area contributed by atoms with Crippen molar-refractivity contribution in [3.8, 4) is 0 Å². The van der Waals surface area contributed by atoms with Gasteiger partial charge in [-0.1, -0.05) is 30.3 Å². The lowest BCUT2D eigenvalue weighted by atomic mass is 10.1. The summed E-state index contributed by atoms with van der Waals surface area (Å²) < 4.78 is 49.7. The molecule has 1 aromatic carbocycles. The van der Waals surface area contributed by atoms with Gasteiger partial charge in [0, 0.05) is 0 Å². The van der Waals surface area contributed by atoms with E-state index in [1.165, 1.54) is 0 Å². The number of hydrogen-bond acceptors (Lipinski definition) is 5. The predicted octanol–water partition coefficient (Wildman–Crippen LogP) is 0.179. The second-order valence-electron chi connectivity index (χ2n) is 5.59. The topological polar surface area (TPSA) is 118 Å². The number of carboxylic acids is 1. The molecular formula is C14H19NO6S2. The van der Waals surface area contributed by atoms with E-state index in [-0.39, 0.29) is 30.8 Å². The Balaban J connectivity index is 2.08. The first-order chi connectivity index (χ1) is 10.7. The molecule has 0 bridgehead atoms. The normalized spacial score (nSPS) is 20.0. The molecule has 23 heavy (non-hydrogen) atoms. The number of sulfone groups is 1. The third-order valence-corrected chi connectivity index (χ3v) is 7.51. The minimum absolute atomic E-state index is 0.00462. The highest BCUT2D eigenvalue weighted by molar-refractivity contribution is 7.92. The van der Waals surface area contributed by atoms with Gasteiger partial charge in [0.15, 0.2) is 0 Å². The first-order valence-electron chi connectivity index (χ1n) is 7.18. The molecule has 2 rings (SSSR count). The van der Waals surface area contributed by atoms with Crippen LogP contribution in [-0.4, -0.2) is 50.7 Å². The zero-order valence-electron chi connectivity index (χ0n) is 12.4. The molecule has 1 aliphatic heterocycles. The second-order valence-corrected chi connectivity index (χ2v) is 9.89. The van der Waals surface area contributed by atoms with E-state index in [1.54, 1.807) is 30.3 Å². The number of sulfonamides is 1. The fourth-order valence-corrected chi connectivity index (χ4v) is 5.92. The lowest BCUT2D eigenvalue weighted by molar-refractivity contribution is -0.138. The Morgan fingerprint density at radius 1 is 1.22 bits per heavy atom. The number of nitrogens with one attached hydrogen (secondary N) is 1. The van der Waals surface area contributed by atoms with E-state index in [9.17, 15) is 26.7 Å². The van der Waals surface area contributed by atoms with Crippen LogP contribution in [-0.2, 0) is 31.1 Å². The quantitative estimate of drug-likeness (QED) is 0.746. The van der Waals surface area contributed by atoms with E-state index >= 15 is 0 Å². The van der Waals surface area contributed by atoms with Gasteiger partial charge in [-0.15, -0.1) is 0 Å². The number of benzene rings is 1. The third-order valence-electron chi connectivity index (χ3n) is 3.83. The van der Waals surface area contributed by atoms with Crippen molar-refractivity contribution in [1.29, 1.82) is 0 Å². The van der Waals surface area contributed by atoms with Gasteiger partial charge in [0.05, 0.1) is 16.8 Å². The monoisotopic (exact) mass is 361 g/mol. The van der Waals surface area contributed by atoms with Crippen molar-refractivity contribution in [3.05, 3.63) is 35.9 Å². The van der Waals surface area contributed by atoms with Crippen molar-refractivity contribution < 1.29 is 26.7 Å². The summed E-state index contributed by atoms with van der Waals surface area (Å²) in [5.41, 5.74) is 0.703. The van der Waals surface area contributed by atoms with E-state index in [4.69, 9.17) is 0 Å². The van der Waals surface area contributed by atoms with Gasteiger partial charge in [-0.3, -0.25) is 4.79 Å². The first-order valence-corrected chi connectivity index (χ1v) is 10.5. The van der Waals surface area contributed by atoms with Crippen LogP contribution < -0.4 is 4.72 Å². The van der Waals surface area contributed by atoms with Crippen LogP contribution in [0.25, 0.3) is 0 Å². The van der Waals surface area contributed by atoms with Crippen LogP contribution in [0, 0.1) is 0 Å².